The molecule has 1 fully saturated rings. The van der Waals surface area contributed by atoms with Crippen LogP contribution in [-0.4, -0.2) is 18.0 Å². The van der Waals surface area contributed by atoms with Crippen molar-refractivity contribution in [3.63, 3.8) is 0 Å². The van der Waals surface area contributed by atoms with E-state index in [0.29, 0.717) is 11.8 Å². The molecule has 0 saturated heterocycles. The molecule has 0 aliphatic heterocycles. The Labute approximate surface area is 132 Å². The first-order valence-corrected chi connectivity index (χ1v) is 8.49. The van der Waals surface area contributed by atoms with E-state index >= 15 is 0 Å². The summed E-state index contributed by atoms with van der Waals surface area (Å²) in [5.74, 6) is 1.13. The van der Waals surface area contributed by atoms with Gasteiger partial charge in [-0.05, 0) is 42.9 Å². The number of carbonyl (C=O) groups excluding carboxylic acids is 1. The molecule has 0 radical (unpaired) electrons. The van der Waals surface area contributed by atoms with Crippen LogP contribution in [0.25, 0.3) is 0 Å². The highest BCUT2D eigenvalue weighted by atomic mass is 35.5. The normalized spacial score (nSPS) is 17.2. The van der Waals surface area contributed by atoms with E-state index in [4.69, 9.17) is 11.6 Å². The zero-order valence-corrected chi connectivity index (χ0v) is 13.5. The van der Waals surface area contributed by atoms with Gasteiger partial charge in [0, 0.05) is 17.6 Å². The maximum absolute atomic E-state index is 11.8. The van der Waals surface area contributed by atoms with Gasteiger partial charge >= 0.3 is 6.03 Å². The minimum atomic E-state index is -0.187. The number of hydrogen-bond donors (Lipinski definition) is 2. The Kier molecular flexibility index (Phi) is 6.37. The molecule has 0 aromatic heterocycles. The predicted molar refractivity (Wildman–Crippen MR) is 89.2 cm³/mol. The number of halogens is 1. The third kappa shape index (κ3) is 4.92. The van der Waals surface area contributed by atoms with E-state index in [-0.39, 0.29) is 12.1 Å². The summed E-state index contributed by atoms with van der Waals surface area (Å²) >= 11 is 5.78. The number of benzene rings is 1. The summed E-state index contributed by atoms with van der Waals surface area (Å²) in [7, 11) is 0. The topological polar surface area (TPSA) is 41.1 Å². The molecular weight excluding hydrogens is 284 g/mol. The Balaban J connectivity index is 1.88. The summed E-state index contributed by atoms with van der Waals surface area (Å²) in [4.78, 5) is 11.8. The fourth-order valence-corrected chi connectivity index (χ4v) is 3.17. The van der Waals surface area contributed by atoms with Crippen LogP contribution in [-0.2, 0) is 0 Å². The molecule has 0 heterocycles. The number of amides is 2. The lowest BCUT2D eigenvalue weighted by Gasteiger charge is -2.22. The van der Waals surface area contributed by atoms with Crippen LogP contribution in [0.5, 0.6) is 0 Å². The average molecular weight is 309 g/mol. The molecule has 116 valence electrons. The van der Waals surface area contributed by atoms with Gasteiger partial charge in [-0.2, -0.15) is 0 Å². The van der Waals surface area contributed by atoms with E-state index in [1.54, 1.807) is 0 Å². The zero-order chi connectivity index (χ0) is 15.1. The molecule has 1 saturated carbocycles. The van der Waals surface area contributed by atoms with Gasteiger partial charge in [-0.15, -0.1) is 11.6 Å². The van der Waals surface area contributed by atoms with Crippen LogP contribution in [0, 0.1) is 0 Å². The Bertz CT molecular complexity index is 437. The van der Waals surface area contributed by atoms with Crippen LogP contribution in [0.15, 0.2) is 24.3 Å². The first-order valence-electron chi connectivity index (χ1n) is 7.96. The number of carbonyl (C=O) groups is 1. The van der Waals surface area contributed by atoms with Gasteiger partial charge in [0.15, 0.2) is 0 Å². The fourth-order valence-electron chi connectivity index (χ4n) is 2.88. The van der Waals surface area contributed by atoms with Crippen molar-refractivity contribution in [2.75, 3.05) is 11.2 Å². The summed E-state index contributed by atoms with van der Waals surface area (Å²) in [5.41, 5.74) is 2.23. The van der Waals surface area contributed by atoms with Gasteiger partial charge < -0.3 is 10.6 Å². The number of hydrogen-bond acceptors (Lipinski definition) is 1. The minimum Gasteiger partial charge on any atom is -0.334 e. The van der Waals surface area contributed by atoms with Crippen molar-refractivity contribution in [3.05, 3.63) is 29.8 Å². The van der Waals surface area contributed by atoms with Gasteiger partial charge in [0.2, 0.25) is 0 Å². The van der Waals surface area contributed by atoms with Crippen molar-refractivity contribution in [1.29, 1.82) is 0 Å². The Morgan fingerprint density at radius 3 is 2.48 bits per heavy atom. The molecule has 1 aliphatic rings. The van der Waals surface area contributed by atoms with Crippen molar-refractivity contribution in [1.82, 2.24) is 5.32 Å². The predicted octanol–water partition coefficient (Wildman–Crippen LogP) is 4.87. The largest absolute Gasteiger partial charge is 0.334 e. The first kappa shape index (κ1) is 16.2. The quantitative estimate of drug-likeness (QED) is 0.748. The molecule has 0 spiro atoms. The lowest BCUT2D eigenvalue weighted by atomic mass is 9.84. The van der Waals surface area contributed by atoms with Crippen molar-refractivity contribution in [2.45, 2.75) is 57.4 Å². The van der Waals surface area contributed by atoms with Gasteiger partial charge in [-0.1, -0.05) is 38.3 Å². The summed E-state index contributed by atoms with van der Waals surface area (Å²) in [6.45, 7) is 2.01. The van der Waals surface area contributed by atoms with Crippen LogP contribution in [0.4, 0.5) is 10.5 Å². The van der Waals surface area contributed by atoms with Crippen molar-refractivity contribution < 1.29 is 4.79 Å². The monoisotopic (exact) mass is 308 g/mol. The van der Waals surface area contributed by atoms with E-state index in [9.17, 15) is 4.79 Å². The Morgan fingerprint density at radius 2 is 1.90 bits per heavy atom. The molecule has 1 aliphatic carbocycles. The Hall–Kier alpha value is -1.22. The van der Waals surface area contributed by atoms with Crippen LogP contribution >= 0.6 is 11.6 Å². The second-order valence-corrected chi connectivity index (χ2v) is 6.12. The van der Waals surface area contributed by atoms with Crippen molar-refractivity contribution in [3.8, 4) is 0 Å². The highest BCUT2D eigenvalue weighted by Gasteiger charge is 2.15. The van der Waals surface area contributed by atoms with Gasteiger partial charge in [-0.3, -0.25) is 0 Å². The van der Waals surface area contributed by atoms with Crippen molar-refractivity contribution in [2.24, 2.45) is 0 Å². The molecular formula is C17H25ClN2O. The molecule has 0 bridgehead atoms. The molecule has 2 amide bonds. The molecule has 2 N–H and O–H groups in total. The molecule has 0 unspecified atom stereocenters. The third-order valence-corrected chi connectivity index (χ3v) is 4.63. The SMILES string of the molecule is CC[C@H](CCl)NC(=O)Nc1ccc(C2CCCCC2)cc1. The van der Waals surface area contributed by atoms with E-state index in [1.807, 2.05) is 19.1 Å². The highest BCUT2D eigenvalue weighted by Crippen LogP contribution is 2.32. The standard InChI is InChI=1S/C17H25ClN2O/c1-2-15(12-18)19-17(21)20-16-10-8-14(9-11-16)13-6-4-3-5-7-13/h8-11,13,15H,2-7,12H2,1H3,(H2,19,20,21)/t15-/m1/s1. The second-order valence-electron chi connectivity index (χ2n) is 5.81. The van der Waals surface area contributed by atoms with E-state index < -0.39 is 0 Å². The van der Waals surface area contributed by atoms with E-state index in [1.165, 1.54) is 37.7 Å². The van der Waals surface area contributed by atoms with Gasteiger partial charge in [0.05, 0.1) is 0 Å². The van der Waals surface area contributed by atoms with Gasteiger partial charge in [0.25, 0.3) is 0 Å². The average Bonchev–Trinajstić information content (AvgIpc) is 2.54. The smallest absolute Gasteiger partial charge is 0.319 e. The molecule has 4 heteroatoms. The second kappa shape index (κ2) is 8.28. The van der Waals surface area contributed by atoms with Crippen LogP contribution in [0.2, 0.25) is 0 Å². The summed E-state index contributed by atoms with van der Waals surface area (Å²) in [6.07, 6.45) is 7.46. The molecule has 1 atom stereocenters. The Morgan fingerprint density at radius 1 is 1.24 bits per heavy atom. The third-order valence-electron chi connectivity index (χ3n) is 4.26. The number of alkyl halides is 1. The number of nitrogens with one attached hydrogen (secondary N) is 2. The van der Waals surface area contributed by atoms with Crippen LogP contribution in [0.3, 0.4) is 0 Å². The number of rotatable bonds is 5. The van der Waals surface area contributed by atoms with E-state index in [2.05, 4.69) is 22.8 Å². The molecule has 1 aromatic carbocycles. The molecule has 2 rings (SSSR count). The maximum Gasteiger partial charge on any atom is 0.319 e. The minimum absolute atomic E-state index is 0.0215. The van der Waals surface area contributed by atoms with Crippen molar-refractivity contribution >= 4 is 23.3 Å². The van der Waals surface area contributed by atoms with Gasteiger partial charge in [0.1, 0.15) is 0 Å². The lowest BCUT2D eigenvalue weighted by molar-refractivity contribution is 0.249. The zero-order valence-electron chi connectivity index (χ0n) is 12.7. The number of anilines is 1. The van der Waals surface area contributed by atoms with Gasteiger partial charge in [-0.25, -0.2) is 4.79 Å². The first-order chi connectivity index (χ1) is 10.2. The summed E-state index contributed by atoms with van der Waals surface area (Å²) in [6, 6.07) is 8.10. The highest BCUT2D eigenvalue weighted by molar-refractivity contribution is 6.18. The van der Waals surface area contributed by atoms with Crippen LogP contribution < -0.4 is 10.6 Å². The summed E-state index contributed by atoms with van der Waals surface area (Å²) in [5, 5.41) is 5.72. The summed E-state index contributed by atoms with van der Waals surface area (Å²) < 4.78 is 0. The van der Waals surface area contributed by atoms with Crippen LogP contribution in [0.1, 0.15) is 56.9 Å². The molecule has 1 aromatic rings. The maximum atomic E-state index is 11.8. The van der Waals surface area contributed by atoms with E-state index in [0.717, 1.165) is 12.1 Å². The lowest BCUT2D eigenvalue weighted by Crippen LogP contribution is -2.38. The molecule has 21 heavy (non-hydrogen) atoms. The fraction of sp³-hybridized carbons (Fsp3) is 0.588. The number of urea groups is 1. The molecule has 3 nitrogen and oxygen atoms in total.